The average molecular weight is 335 g/mol. The number of hydrogen-bond acceptors (Lipinski definition) is 2. The van der Waals surface area contributed by atoms with E-state index in [1.807, 2.05) is 12.1 Å². The monoisotopic (exact) mass is 334 g/mol. The number of amides is 1. The molecule has 2 aromatic rings. The second kappa shape index (κ2) is 5.32. The average Bonchev–Trinajstić information content (AvgIpc) is 3.22. The molecule has 1 aromatic heterocycles. The molecule has 1 aliphatic rings. The lowest BCUT2D eigenvalue weighted by atomic mass is 10.1. The van der Waals surface area contributed by atoms with Crippen LogP contribution in [0.1, 0.15) is 17.9 Å². The van der Waals surface area contributed by atoms with Crippen LogP contribution >= 0.6 is 15.9 Å². The Morgan fingerprint density at radius 3 is 2.90 bits per heavy atom. The Bertz CT molecular complexity index is 645. The number of aromatic nitrogens is 1. The molecule has 3 nitrogen and oxygen atoms in total. The number of hydrogen-bond donors (Lipinski definition) is 1. The number of carbonyl (C=O) groups excluding carboxylic acids is 1. The summed E-state index contributed by atoms with van der Waals surface area (Å²) in [6.07, 6.45) is 2.39. The topological polar surface area (TPSA) is 42.0 Å². The van der Waals surface area contributed by atoms with Crippen LogP contribution in [0.3, 0.4) is 0 Å². The fourth-order valence-electron chi connectivity index (χ4n) is 2.26. The zero-order valence-corrected chi connectivity index (χ0v) is 12.1. The Hall–Kier alpha value is -1.75. The first-order valence-electron chi connectivity index (χ1n) is 6.31. The molecule has 1 N–H and O–H groups in total. The van der Waals surface area contributed by atoms with E-state index in [0.717, 1.165) is 16.5 Å². The maximum Gasteiger partial charge on any atom is 0.229 e. The summed E-state index contributed by atoms with van der Waals surface area (Å²) in [5.74, 6) is 0.226. The zero-order chi connectivity index (χ0) is 14.1. The molecular formula is C15H12BrFN2O. The molecule has 2 unspecified atom stereocenters. The van der Waals surface area contributed by atoms with Gasteiger partial charge in [-0.1, -0.05) is 12.1 Å². The zero-order valence-electron chi connectivity index (χ0n) is 10.5. The summed E-state index contributed by atoms with van der Waals surface area (Å²) in [5, 5.41) is 2.78. The predicted molar refractivity (Wildman–Crippen MR) is 77.8 cm³/mol. The van der Waals surface area contributed by atoms with Gasteiger partial charge < -0.3 is 5.32 Å². The van der Waals surface area contributed by atoms with Crippen molar-refractivity contribution in [3.8, 4) is 0 Å². The van der Waals surface area contributed by atoms with Gasteiger partial charge >= 0.3 is 0 Å². The van der Waals surface area contributed by atoms with E-state index >= 15 is 0 Å². The number of halogens is 2. The standard InChI is InChI=1S/C15H12BrFN2O/c16-10-4-5-14(18-8-10)19-15(20)13-7-12(13)9-2-1-3-11(17)6-9/h1-6,8,12-13H,7H2,(H,18,19,20). The smallest absolute Gasteiger partial charge is 0.229 e. The molecule has 2 atom stereocenters. The fraction of sp³-hybridized carbons (Fsp3) is 0.200. The van der Waals surface area contributed by atoms with Crippen LogP contribution in [0.2, 0.25) is 0 Å². The van der Waals surface area contributed by atoms with E-state index in [9.17, 15) is 9.18 Å². The van der Waals surface area contributed by atoms with Gasteiger partial charge in [0.05, 0.1) is 0 Å². The number of nitrogens with zero attached hydrogens (tertiary/aromatic N) is 1. The fourth-order valence-corrected chi connectivity index (χ4v) is 2.49. The van der Waals surface area contributed by atoms with Gasteiger partial charge in [-0.3, -0.25) is 4.79 Å². The third-order valence-electron chi connectivity index (χ3n) is 3.38. The van der Waals surface area contributed by atoms with Gasteiger partial charge in [-0.15, -0.1) is 0 Å². The second-order valence-corrected chi connectivity index (χ2v) is 5.77. The molecular weight excluding hydrogens is 323 g/mol. The first-order valence-corrected chi connectivity index (χ1v) is 7.10. The Morgan fingerprint density at radius 1 is 1.35 bits per heavy atom. The highest BCUT2D eigenvalue weighted by atomic mass is 79.9. The van der Waals surface area contributed by atoms with Crippen molar-refractivity contribution in [1.82, 2.24) is 4.98 Å². The van der Waals surface area contributed by atoms with Crippen molar-refractivity contribution >= 4 is 27.7 Å². The normalized spacial score (nSPS) is 20.5. The molecule has 1 amide bonds. The van der Waals surface area contributed by atoms with Crippen molar-refractivity contribution in [2.45, 2.75) is 12.3 Å². The van der Waals surface area contributed by atoms with Crippen LogP contribution in [0.15, 0.2) is 47.1 Å². The number of rotatable bonds is 3. The lowest BCUT2D eigenvalue weighted by molar-refractivity contribution is -0.117. The molecule has 1 heterocycles. The number of carbonyl (C=O) groups is 1. The van der Waals surface area contributed by atoms with Gasteiger partial charge in [-0.2, -0.15) is 0 Å². The van der Waals surface area contributed by atoms with Gasteiger partial charge in [0.2, 0.25) is 5.91 Å². The van der Waals surface area contributed by atoms with Gasteiger partial charge in [-0.25, -0.2) is 9.37 Å². The number of nitrogens with one attached hydrogen (secondary N) is 1. The molecule has 20 heavy (non-hydrogen) atoms. The molecule has 0 radical (unpaired) electrons. The first kappa shape index (κ1) is 13.2. The van der Waals surface area contributed by atoms with E-state index in [1.54, 1.807) is 18.3 Å². The third-order valence-corrected chi connectivity index (χ3v) is 3.85. The van der Waals surface area contributed by atoms with Gasteiger partial charge in [0.25, 0.3) is 0 Å². The Morgan fingerprint density at radius 2 is 2.20 bits per heavy atom. The van der Waals surface area contributed by atoms with E-state index in [2.05, 4.69) is 26.2 Å². The molecule has 102 valence electrons. The summed E-state index contributed by atoms with van der Waals surface area (Å²) in [4.78, 5) is 16.2. The maximum absolute atomic E-state index is 13.2. The molecule has 5 heteroatoms. The van der Waals surface area contributed by atoms with Gasteiger partial charge in [0, 0.05) is 16.6 Å². The molecule has 0 saturated heterocycles. The highest BCUT2D eigenvalue weighted by molar-refractivity contribution is 9.10. The van der Waals surface area contributed by atoms with Crippen molar-refractivity contribution in [1.29, 1.82) is 0 Å². The molecule has 0 spiro atoms. The SMILES string of the molecule is O=C(Nc1ccc(Br)cn1)C1CC1c1cccc(F)c1. The van der Waals surface area contributed by atoms with Crippen molar-refractivity contribution in [3.63, 3.8) is 0 Å². The highest BCUT2D eigenvalue weighted by Crippen LogP contribution is 2.48. The van der Waals surface area contributed by atoms with E-state index < -0.39 is 0 Å². The number of anilines is 1. The van der Waals surface area contributed by atoms with Gasteiger partial charge in [0.15, 0.2) is 0 Å². The summed E-state index contributed by atoms with van der Waals surface area (Å²) >= 11 is 3.29. The molecule has 1 fully saturated rings. The van der Waals surface area contributed by atoms with Crippen LogP contribution in [0, 0.1) is 11.7 Å². The molecule has 0 bridgehead atoms. The van der Waals surface area contributed by atoms with Crippen molar-refractivity contribution in [2.24, 2.45) is 5.92 Å². The molecule has 3 rings (SSSR count). The maximum atomic E-state index is 13.2. The molecule has 1 aliphatic carbocycles. The summed E-state index contributed by atoms with van der Waals surface area (Å²) in [5.41, 5.74) is 0.883. The van der Waals surface area contributed by atoms with Crippen molar-refractivity contribution in [3.05, 3.63) is 58.4 Å². The number of benzene rings is 1. The van der Waals surface area contributed by atoms with Crippen LogP contribution in [-0.2, 0) is 4.79 Å². The lowest BCUT2D eigenvalue weighted by Gasteiger charge is -2.04. The molecule has 1 aromatic carbocycles. The molecule has 0 aliphatic heterocycles. The summed E-state index contributed by atoms with van der Waals surface area (Å²) in [6, 6.07) is 10.00. The first-order chi connectivity index (χ1) is 9.63. The summed E-state index contributed by atoms with van der Waals surface area (Å²) < 4.78 is 14.0. The summed E-state index contributed by atoms with van der Waals surface area (Å²) in [6.45, 7) is 0. The minimum atomic E-state index is -0.261. The van der Waals surface area contributed by atoms with Crippen molar-refractivity contribution in [2.75, 3.05) is 5.32 Å². The van der Waals surface area contributed by atoms with Gasteiger partial charge in [0.1, 0.15) is 11.6 Å². The van der Waals surface area contributed by atoms with Crippen LogP contribution in [0.4, 0.5) is 10.2 Å². The summed E-state index contributed by atoms with van der Waals surface area (Å²) in [7, 11) is 0. The highest BCUT2D eigenvalue weighted by Gasteiger charge is 2.44. The Kier molecular flexibility index (Phi) is 3.53. The second-order valence-electron chi connectivity index (χ2n) is 4.85. The van der Waals surface area contributed by atoms with E-state index in [1.165, 1.54) is 12.1 Å². The van der Waals surface area contributed by atoms with E-state index in [0.29, 0.717) is 5.82 Å². The quantitative estimate of drug-likeness (QED) is 0.929. The van der Waals surface area contributed by atoms with Crippen LogP contribution in [-0.4, -0.2) is 10.9 Å². The Labute approximate surface area is 124 Å². The minimum absolute atomic E-state index is 0.0610. The third kappa shape index (κ3) is 2.88. The minimum Gasteiger partial charge on any atom is -0.310 e. The largest absolute Gasteiger partial charge is 0.310 e. The lowest BCUT2D eigenvalue weighted by Crippen LogP contribution is -2.15. The molecule has 1 saturated carbocycles. The van der Waals surface area contributed by atoms with E-state index in [-0.39, 0.29) is 23.6 Å². The van der Waals surface area contributed by atoms with E-state index in [4.69, 9.17) is 0 Å². The van der Waals surface area contributed by atoms with Crippen LogP contribution in [0.5, 0.6) is 0 Å². The predicted octanol–water partition coefficient (Wildman–Crippen LogP) is 3.73. The number of pyridine rings is 1. The van der Waals surface area contributed by atoms with Crippen LogP contribution < -0.4 is 5.32 Å². The van der Waals surface area contributed by atoms with Gasteiger partial charge in [-0.05, 0) is 58.1 Å². The Balaban J connectivity index is 1.64. The van der Waals surface area contributed by atoms with Crippen LogP contribution in [0.25, 0.3) is 0 Å². The van der Waals surface area contributed by atoms with Crippen molar-refractivity contribution < 1.29 is 9.18 Å².